The Morgan fingerprint density at radius 3 is 3.05 bits per heavy atom. The molecule has 1 saturated heterocycles. The average molecular weight is 281 g/mol. The zero-order chi connectivity index (χ0) is 14.5. The average Bonchev–Trinajstić information content (AvgIpc) is 2.96. The van der Waals surface area contributed by atoms with Gasteiger partial charge in [0.2, 0.25) is 5.76 Å². The Kier molecular flexibility index (Phi) is 5.20. The number of hydrogen-bond acceptors (Lipinski definition) is 5. The standard InChI is InChI=1S/C15H23NO4/c1-4-5-12-10-16(8-9-19-12)11(2)13-6-7-14(20-13)15(17)18-3/h6-7,11-12H,4-5,8-10H2,1-3H3/t11-,12+/m1/s1. The first-order valence-electron chi connectivity index (χ1n) is 7.19. The summed E-state index contributed by atoms with van der Waals surface area (Å²) in [7, 11) is 1.35. The van der Waals surface area contributed by atoms with Crippen LogP contribution >= 0.6 is 0 Å². The number of nitrogens with zero attached hydrogens (tertiary/aromatic N) is 1. The van der Waals surface area contributed by atoms with E-state index >= 15 is 0 Å². The summed E-state index contributed by atoms with van der Waals surface area (Å²) in [6.45, 7) is 6.80. The predicted octanol–water partition coefficient (Wildman–Crippen LogP) is 2.63. The highest BCUT2D eigenvalue weighted by atomic mass is 16.5. The van der Waals surface area contributed by atoms with Gasteiger partial charge in [0.05, 0.1) is 25.9 Å². The molecule has 0 aromatic carbocycles. The van der Waals surface area contributed by atoms with Crippen molar-refractivity contribution in [1.82, 2.24) is 4.90 Å². The van der Waals surface area contributed by atoms with Gasteiger partial charge in [-0.2, -0.15) is 0 Å². The zero-order valence-corrected chi connectivity index (χ0v) is 12.4. The molecular formula is C15H23NO4. The fourth-order valence-electron chi connectivity index (χ4n) is 2.56. The van der Waals surface area contributed by atoms with Crippen molar-refractivity contribution in [2.75, 3.05) is 26.8 Å². The van der Waals surface area contributed by atoms with Gasteiger partial charge in [-0.15, -0.1) is 0 Å². The zero-order valence-electron chi connectivity index (χ0n) is 12.4. The molecule has 0 amide bonds. The second-order valence-electron chi connectivity index (χ2n) is 5.15. The third kappa shape index (κ3) is 3.41. The van der Waals surface area contributed by atoms with Crippen LogP contribution in [0.2, 0.25) is 0 Å². The van der Waals surface area contributed by atoms with Gasteiger partial charge < -0.3 is 13.9 Å². The van der Waals surface area contributed by atoms with Crippen molar-refractivity contribution in [3.63, 3.8) is 0 Å². The largest absolute Gasteiger partial charge is 0.463 e. The van der Waals surface area contributed by atoms with Crippen molar-refractivity contribution in [3.8, 4) is 0 Å². The quantitative estimate of drug-likeness (QED) is 0.777. The first kappa shape index (κ1) is 15.1. The Morgan fingerprint density at radius 2 is 2.35 bits per heavy atom. The SMILES string of the molecule is CCC[C@H]1CN([C@H](C)c2ccc(C(=O)OC)o2)CCO1. The molecule has 112 valence electrons. The topological polar surface area (TPSA) is 51.9 Å². The van der Waals surface area contributed by atoms with Crippen LogP contribution in [0.4, 0.5) is 0 Å². The van der Waals surface area contributed by atoms with Crippen LogP contribution in [0.3, 0.4) is 0 Å². The Hall–Kier alpha value is -1.33. The molecule has 0 radical (unpaired) electrons. The van der Waals surface area contributed by atoms with Crippen molar-refractivity contribution < 1.29 is 18.7 Å². The molecule has 2 rings (SSSR count). The summed E-state index contributed by atoms with van der Waals surface area (Å²) in [5.41, 5.74) is 0. The fraction of sp³-hybridized carbons (Fsp3) is 0.667. The highest BCUT2D eigenvalue weighted by molar-refractivity contribution is 5.86. The van der Waals surface area contributed by atoms with Crippen molar-refractivity contribution in [2.45, 2.75) is 38.8 Å². The highest BCUT2D eigenvalue weighted by Gasteiger charge is 2.26. The number of carbonyl (C=O) groups excluding carboxylic acids is 1. The molecule has 0 aliphatic carbocycles. The number of ether oxygens (including phenoxy) is 2. The second kappa shape index (κ2) is 6.90. The second-order valence-corrected chi connectivity index (χ2v) is 5.15. The first-order valence-corrected chi connectivity index (χ1v) is 7.19. The minimum atomic E-state index is -0.436. The lowest BCUT2D eigenvalue weighted by atomic mass is 10.1. The van der Waals surface area contributed by atoms with Crippen molar-refractivity contribution in [2.24, 2.45) is 0 Å². The third-order valence-corrected chi connectivity index (χ3v) is 3.75. The maximum absolute atomic E-state index is 11.4. The van der Waals surface area contributed by atoms with E-state index < -0.39 is 5.97 Å². The first-order chi connectivity index (χ1) is 9.65. The van der Waals surface area contributed by atoms with E-state index in [4.69, 9.17) is 9.15 Å². The van der Waals surface area contributed by atoms with E-state index in [-0.39, 0.29) is 11.8 Å². The molecule has 1 fully saturated rings. The summed E-state index contributed by atoms with van der Waals surface area (Å²) < 4.78 is 16.0. The maximum Gasteiger partial charge on any atom is 0.373 e. The molecule has 1 aromatic rings. The molecule has 0 spiro atoms. The van der Waals surface area contributed by atoms with Crippen LogP contribution in [0, 0.1) is 0 Å². The number of rotatable bonds is 5. The van der Waals surface area contributed by atoms with Crippen molar-refractivity contribution in [1.29, 1.82) is 0 Å². The van der Waals surface area contributed by atoms with Crippen molar-refractivity contribution >= 4 is 5.97 Å². The smallest absolute Gasteiger partial charge is 0.373 e. The Bertz CT molecular complexity index is 441. The molecule has 1 aromatic heterocycles. The van der Waals surface area contributed by atoms with Gasteiger partial charge in [-0.3, -0.25) is 4.90 Å². The van der Waals surface area contributed by atoms with Crippen LogP contribution in [0.5, 0.6) is 0 Å². The van der Waals surface area contributed by atoms with Crippen LogP contribution in [-0.2, 0) is 9.47 Å². The molecule has 0 saturated carbocycles. The lowest BCUT2D eigenvalue weighted by Gasteiger charge is -2.36. The van der Waals surface area contributed by atoms with Gasteiger partial charge in [0.15, 0.2) is 0 Å². The van der Waals surface area contributed by atoms with E-state index in [9.17, 15) is 4.79 Å². The van der Waals surface area contributed by atoms with E-state index in [0.717, 1.165) is 38.3 Å². The minimum Gasteiger partial charge on any atom is -0.463 e. The van der Waals surface area contributed by atoms with Crippen LogP contribution in [-0.4, -0.2) is 43.8 Å². The third-order valence-electron chi connectivity index (χ3n) is 3.75. The monoisotopic (exact) mass is 281 g/mol. The number of furan rings is 1. The van der Waals surface area contributed by atoms with E-state index in [1.165, 1.54) is 7.11 Å². The summed E-state index contributed by atoms with van der Waals surface area (Å²) >= 11 is 0. The molecule has 0 unspecified atom stereocenters. The van der Waals surface area contributed by atoms with Gasteiger partial charge >= 0.3 is 5.97 Å². The van der Waals surface area contributed by atoms with Gasteiger partial charge in [-0.1, -0.05) is 13.3 Å². The molecule has 1 aliphatic heterocycles. The predicted molar refractivity (Wildman–Crippen MR) is 74.7 cm³/mol. The molecule has 0 N–H and O–H groups in total. The van der Waals surface area contributed by atoms with Crippen LogP contribution < -0.4 is 0 Å². The van der Waals surface area contributed by atoms with E-state index in [2.05, 4.69) is 23.5 Å². The summed E-state index contributed by atoms with van der Waals surface area (Å²) in [6, 6.07) is 3.65. The van der Waals surface area contributed by atoms with E-state index in [0.29, 0.717) is 6.10 Å². The lowest BCUT2D eigenvalue weighted by Crippen LogP contribution is -2.43. The van der Waals surface area contributed by atoms with E-state index in [1.54, 1.807) is 6.07 Å². The normalized spacial score (nSPS) is 21.6. The molecule has 2 atom stereocenters. The number of carbonyl (C=O) groups is 1. The van der Waals surface area contributed by atoms with Crippen LogP contribution in [0.1, 0.15) is 49.0 Å². The van der Waals surface area contributed by atoms with Gasteiger partial charge in [0.1, 0.15) is 5.76 Å². The van der Waals surface area contributed by atoms with Crippen LogP contribution in [0.25, 0.3) is 0 Å². The Labute approximate surface area is 119 Å². The molecule has 2 heterocycles. The number of esters is 1. The fourth-order valence-corrected chi connectivity index (χ4v) is 2.56. The van der Waals surface area contributed by atoms with Gasteiger partial charge in [0.25, 0.3) is 0 Å². The Balaban J connectivity index is 2.01. The number of morpholine rings is 1. The van der Waals surface area contributed by atoms with Gasteiger partial charge in [0, 0.05) is 13.1 Å². The van der Waals surface area contributed by atoms with Crippen molar-refractivity contribution in [3.05, 3.63) is 23.7 Å². The summed E-state index contributed by atoms with van der Waals surface area (Å²) in [6.07, 6.45) is 2.50. The maximum atomic E-state index is 11.4. The summed E-state index contributed by atoms with van der Waals surface area (Å²) in [5, 5.41) is 0. The number of methoxy groups -OCH3 is 1. The molecular weight excluding hydrogens is 258 g/mol. The molecule has 1 aliphatic rings. The van der Waals surface area contributed by atoms with Gasteiger partial charge in [-0.05, 0) is 25.5 Å². The molecule has 5 nitrogen and oxygen atoms in total. The lowest BCUT2D eigenvalue weighted by molar-refractivity contribution is -0.0474. The summed E-state index contributed by atoms with van der Waals surface area (Å²) in [5.74, 6) is 0.615. The van der Waals surface area contributed by atoms with Gasteiger partial charge in [-0.25, -0.2) is 4.79 Å². The number of hydrogen-bond donors (Lipinski definition) is 0. The molecule has 20 heavy (non-hydrogen) atoms. The molecule has 0 bridgehead atoms. The minimum absolute atomic E-state index is 0.136. The summed E-state index contributed by atoms with van der Waals surface area (Å²) in [4.78, 5) is 13.8. The Morgan fingerprint density at radius 1 is 1.55 bits per heavy atom. The van der Waals surface area contributed by atoms with Crippen LogP contribution in [0.15, 0.2) is 16.5 Å². The van der Waals surface area contributed by atoms with E-state index in [1.807, 2.05) is 6.07 Å². The highest BCUT2D eigenvalue weighted by Crippen LogP contribution is 2.25. The molecule has 5 heteroatoms.